The van der Waals surface area contributed by atoms with Gasteiger partial charge >= 0.3 is 0 Å². The standard InChI is InChI=1S/2C18H23NO/c2*1-14-8-7-13-18(2,3)16(14)11-12-17(20)19-15-9-5-4-6-10-15/h4-6,9-12H,7-8,13H2,1-3H3,(H,19,20);4-6,8-12,16H,7,13H2,1-3H3,(H,19,20)/b2*12-11+. The molecule has 2 N–H and O–H groups in total. The SMILES string of the molecule is CC1=C(/C=C/C(=O)Nc2ccccc2)C(C)(C)CCC1.CC1=CCCC(C)(C)C1/C=C/C(=O)Nc1ccccc1. The maximum Gasteiger partial charge on any atom is 0.248 e. The second-order valence-corrected chi connectivity index (χ2v) is 12.3. The Morgan fingerprint density at radius 2 is 1.35 bits per heavy atom. The van der Waals surface area contributed by atoms with Crippen molar-refractivity contribution in [1.29, 1.82) is 0 Å². The van der Waals surface area contributed by atoms with Gasteiger partial charge in [0.2, 0.25) is 11.8 Å². The van der Waals surface area contributed by atoms with Crippen LogP contribution in [0.15, 0.2) is 108 Å². The summed E-state index contributed by atoms with van der Waals surface area (Å²) in [6.45, 7) is 13.4. The summed E-state index contributed by atoms with van der Waals surface area (Å²) < 4.78 is 0. The highest BCUT2D eigenvalue weighted by atomic mass is 16.2. The normalized spacial score (nSPS) is 19.9. The average Bonchev–Trinajstić information content (AvgIpc) is 2.89. The molecule has 0 saturated heterocycles. The highest BCUT2D eigenvalue weighted by Gasteiger charge is 2.31. The molecular weight excluding hydrogens is 492 g/mol. The Balaban J connectivity index is 0.000000220. The van der Waals surface area contributed by atoms with E-state index in [-0.39, 0.29) is 22.6 Å². The molecule has 4 heteroatoms. The van der Waals surface area contributed by atoms with Gasteiger partial charge in [-0.15, -0.1) is 0 Å². The highest BCUT2D eigenvalue weighted by Crippen LogP contribution is 2.42. The number of hydrogen-bond acceptors (Lipinski definition) is 2. The largest absolute Gasteiger partial charge is 0.323 e. The van der Waals surface area contributed by atoms with E-state index >= 15 is 0 Å². The fraction of sp³-hybridized carbons (Fsp3) is 0.389. The van der Waals surface area contributed by atoms with Gasteiger partial charge in [0.25, 0.3) is 0 Å². The van der Waals surface area contributed by atoms with Gasteiger partial charge in [-0.05, 0) is 92.7 Å². The number of carbonyl (C=O) groups is 2. The molecule has 2 aliphatic carbocycles. The number of benzene rings is 2. The van der Waals surface area contributed by atoms with E-state index < -0.39 is 0 Å². The molecule has 0 saturated carbocycles. The lowest BCUT2D eigenvalue weighted by Gasteiger charge is -2.36. The predicted molar refractivity (Wildman–Crippen MR) is 169 cm³/mol. The van der Waals surface area contributed by atoms with Gasteiger partial charge in [-0.1, -0.05) is 93.5 Å². The van der Waals surface area contributed by atoms with Crippen molar-refractivity contribution >= 4 is 23.2 Å². The minimum atomic E-state index is -0.0714. The van der Waals surface area contributed by atoms with E-state index in [1.165, 1.54) is 36.0 Å². The van der Waals surface area contributed by atoms with Crippen molar-refractivity contribution in [1.82, 2.24) is 0 Å². The van der Waals surface area contributed by atoms with Crippen LogP contribution < -0.4 is 10.6 Å². The van der Waals surface area contributed by atoms with Gasteiger partial charge in [-0.25, -0.2) is 0 Å². The molecule has 2 amide bonds. The summed E-state index contributed by atoms with van der Waals surface area (Å²) in [5.41, 5.74) is 6.14. The monoisotopic (exact) mass is 538 g/mol. The number of nitrogens with one attached hydrogen (secondary N) is 2. The highest BCUT2D eigenvalue weighted by molar-refractivity contribution is 6.00. The zero-order valence-electron chi connectivity index (χ0n) is 25.1. The molecular formula is C36H46N2O2. The van der Waals surface area contributed by atoms with E-state index in [4.69, 9.17) is 0 Å². The fourth-order valence-corrected chi connectivity index (χ4v) is 5.75. The van der Waals surface area contributed by atoms with Crippen LogP contribution in [0.1, 0.15) is 73.6 Å². The third-order valence-electron chi connectivity index (χ3n) is 8.05. The van der Waals surface area contributed by atoms with Crippen LogP contribution in [0.25, 0.3) is 0 Å². The predicted octanol–water partition coefficient (Wildman–Crippen LogP) is 9.27. The minimum absolute atomic E-state index is 0.0645. The lowest BCUT2D eigenvalue weighted by atomic mass is 9.68. The molecule has 212 valence electrons. The quantitative estimate of drug-likeness (QED) is 0.284. The second kappa shape index (κ2) is 14.1. The topological polar surface area (TPSA) is 58.2 Å². The molecule has 0 aliphatic heterocycles. The van der Waals surface area contributed by atoms with Gasteiger partial charge in [0, 0.05) is 23.4 Å². The van der Waals surface area contributed by atoms with E-state index in [0.717, 1.165) is 24.2 Å². The van der Waals surface area contributed by atoms with Crippen molar-refractivity contribution in [2.45, 2.75) is 73.6 Å². The van der Waals surface area contributed by atoms with Gasteiger partial charge in [0.1, 0.15) is 0 Å². The van der Waals surface area contributed by atoms with Gasteiger partial charge in [0.15, 0.2) is 0 Å². The van der Waals surface area contributed by atoms with Crippen LogP contribution in [-0.4, -0.2) is 11.8 Å². The molecule has 0 aromatic heterocycles. The molecule has 0 spiro atoms. The molecule has 0 bridgehead atoms. The van der Waals surface area contributed by atoms with Crippen LogP contribution in [-0.2, 0) is 9.59 Å². The van der Waals surface area contributed by atoms with E-state index in [1.807, 2.05) is 72.8 Å². The first kappa shape index (κ1) is 30.9. The number of rotatable bonds is 6. The zero-order chi connectivity index (χ0) is 29.2. The first-order valence-electron chi connectivity index (χ1n) is 14.4. The Hall–Kier alpha value is -3.66. The summed E-state index contributed by atoms with van der Waals surface area (Å²) in [6.07, 6.45) is 15.5. The first-order chi connectivity index (χ1) is 19.0. The number of anilines is 2. The van der Waals surface area contributed by atoms with Crippen LogP contribution in [0.3, 0.4) is 0 Å². The Kier molecular flexibility index (Phi) is 10.9. The van der Waals surface area contributed by atoms with E-state index in [0.29, 0.717) is 5.92 Å². The number of amides is 2. The molecule has 4 rings (SSSR count). The lowest BCUT2D eigenvalue weighted by molar-refractivity contribution is -0.112. The zero-order valence-corrected chi connectivity index (χ0v) is 25.1. The molecule has 4 nitrogen and oxygen atoms in total. The van der Waals surface area contributed by atoms with Crippen molar-refractivity contribution in [3.05, 3.63) is 108 Å². The van der Waals surface area contributed by atoms with Gasteiger partial charge in [-0.3, -0.25) is 9.59 Å². The van der Waals surface area contributed by atoms with Crippen molar-refractivity contribution in [2.24, 2.45) is 16.7 Å². The summed E-state index contributed by atoms with van der Waals surface area (Å²) in [5, 5.41) is 5.75. The lowest BCUT2D eigenvalue weighted by Crippen LogP contribution is -2.26. The molecule has 2 aromatic rings. The molecule has 1 unspecified atom stereocenters. The van der Waals surface area contributed by atoms with E-state index in [2.05, 4.69) is 58.3 Å². The van der Waals surface area contributed by atoms with Crippen LogP contribution in [0.5, 0.6) is 0 Å². The van der Waals surface area contributed by atoms with E-state index in [9.17, 15) is 9.59 Å². The van der Waals surface area contributed by atoms with Gasteiger partial charge in [0.05, 0.1) is 0 Å². The second-order valence-electron chi connectivity index (χ2n) is 12.3. The molecule has 1 atom stereocenters. The molecule has 0 fully saturated rings. The summed E-state index contributed by atoms with van der Waals surface area (Å²) in [4.78, 5) is 23.9. The van der Waals surface area contributed by atoms with Crippen LogP contribution >= 0.6 is 0 Å². The van der Waals surface area contributed by atoms with Crippen molar-refractivity contribution < 1.29 is 9.59 Å². The smallest absolute Gasteiger partial charge is 0.248 e. The van der Waals surface area contributed by atoms with Crippen LogP contribution in [0.2, 0.25) is 0 Å². The van der Waals surface area contributed by atoms with Crippen molar-refractivity contribution in [2.75, 3.05) is 10.6 Å². The number of allylic oxidation sites excluding steroid dienone is 6. The fourth-order valence-electron chi connectivity index (χ4n) is 5.75. The third-order valence-corrected chi connectivity index (χ3v) is 8.05. The number of para-hydroxylation sites is 2. The molecule has 2 aliphatic rings. The Morgan fingerprint density at radius 3 is 1.88 bits per heavy atom. The maximum atomic E-state index is 12.0. The third kappa shape index (κ3) is 9.22. The van der Waals surface area contributed by atoms with Crippen molar-refractivity contribution in [3.63, 3.8) is 0 Å². The summed E-state index contributed by atoms with van der Waals surface area (Å²) in [6, 6.07) is 19.1. The number of carbonyl (C=O) groups excluding carboxylic acids is 2. The van der Waals surface area contributed by atoms with E-state index in [1.54, 1.807) is 12.2 Å². The Morgan fingerprint density at radius 1 is 0.800 bits per heavy atom. The van der Waals surface area contributed by atoms with Gasteiger partial charge < -0.3 is 10.6 Å². The number of hydrogen-bond donors (Lipinski definition) is 2. The Bertz CT molecular complexity index is 1260. The van der Waals surface area contributed by atoms with Crippen LogP contribution in [0, 0.1) is 16.7 Å². The van der Waals surface area contributed by atoms with Gasteiger partial charge in [-0.2, -0.15) is 0 Å². The minimum Gasteiger partial charge on any atom is -0.323 e. The molecule has 0 radical (unpaired) electrons. The van der Waals surface area contributed by atoms with Crippen molar-refractivity contribution in [3.8, 4) is 0 Å². The average molecular weight is 539 g/mol. The molecule has 0 heterocycles. The summed E-state index contributed by atoms with van der Waals surface area (Å²) in [7, 11) is 0. The first-order valence-corrected chi connectivity index (χ1v) is 14.4. The Labute approximate surface area is 241 Å². The maximum absolute atomic E-state index is 12.0. The molecule has 2 aromatic carbocycles. The summed E-state index contributed by atoms with van der Waals surface area (Å²) in [5.74, 6) is 0.209. The van der Waals surface area contributed by atoms with Crippen LogP contribution in [0.4, 0.5) is 11.4 Å². The summed E-state index contributed by atoms with van der Waals surface area (Å²) >= 11 is 0. The molecule has 40 heavy (non-hydrogen) atoms.